The van der Waals surface area contributed by atoms with Crippen molar-refractivity contribution in [1.82, 2.24) is 25.5 Å². The van der Waals surface area contributed by atoms with Gasteiger partial charge in [0.1, 0.15) is 11.6 Å². The number of H-pyrrole nitrogens is 1. The van der Waals surface area contributed by atoms with E-state index in [9.17, 15) is 0 Å². The number of aromatic nitrogens is 4. The van der Waals surface area contributed by atoms with Crippen molar-refractivity contribution >= 4 is 33.3 Å². The van der Waals surface area contributed by atoms with Gasteiger partial charge < -0.3 is 10.6 Å². The fourth-order valence-electron chi connectivity index (χ4n) is 4.17. The highest BCUT2D eigenvalue weighted by atomic mass is 15.1. The Balaban J connectivity index is 1.55. The number of fused-ring (bicyclic) bond motifs is 2. The number of hydrogen-bond donors (Lipinski definition) is 3. The molecule has 5 rings (SSSR count). The third-order valence-corrected chi connectivity index (χ3v) is 5.72. The van der Waals surface area contributed by atoms with E-state index in [0.717, 1.165) is 72.5 Å². The second-order valence-electron chi connectivity index (χ2n) is 7.78. The Morgan fingerprint density at radius 3 is 2.72 bits per heavy atom. The zero-order valence-electron chi connectivity index (χ0n) is 16.7. The van der Waals surface area contributed by atoms with Gasteiger partial charge in [-0.05, 0) is 62.7 Å². The molecule has 0 unspecified atom stereocenters. The van der Waals surface area contributed by atoms with Crippen molar-refractivity contribution in [2.75, 3.05) is 18.4 Å². The Hall–Kier alpha value is -2.99. The molecule has 2 aromatic carbocycles. The molecule has 2 aromatic heterocycles. The van der Waals surface area contributed by atoms with E-state index < -0.39 is 0 Å². The SMILES string of the molecule is CCCc1[nH]nc2ccc(Nc3nc(C4CCNCC4)nc4ccccc34)cc12. The van der Waals surface area contributed by atoms with E-state index in [-0.39, 0.29) is 0 Å². The standard InChI is InChI=1S/C23H26N6/c1-2-5-20-18-14-16(8-9-21(18)29-28-20)25-23-17-6-3-4-7-19(17)26-22(27-23)15-10-12-24-13-11-15/h3-4,6-9,14-15,24H,2,5,10-13H2,1H3,(H,28,29)(H,25,26,27). The van der Waals surface area contributed by atoms with Crippen LogP contribution in [0.2, 0.25) is 0 Å². The summed E-state index contributed by atoms with van der Waals surface area (Å²) >= 11 is 0. The molecule has 4 aromatic rings. The van der Waals surface area contributed by atoms with E-state index in [1.54, 1.807) is 0 Å². The van der Waals surface area contributed by atoms with Crippen LogP contribution in [0.15, 0.2) is 42.5 Å². The molecule has 1 saturated heterocycles. The molecule has 1 aliphatic heterocycles. The van der Waals surface area contributed by atoms with Crippen molar-refractivity contribution in [2.24, 2.45) is 0 Å². The maximum atomic E-state index is 4.97. The summed E-state index contributed by atoms with van der Waals surface area (Å²) in [7, 11) is 0. The summed E-state index contributed by atoms with van der Waals surface area (Å²) in [5, 5.41) is 16.8. The number of nitrogens with one attached hydrogen (secondary N) is 3. The number of nitrogens with zero attached hydrogens (tertiary/aromatic N) is 3. The lowest BCUT2D eigenvalue weighted by Crippen LogP contribution is -2.27. The Labute approximate surface area is 170 Å². The van der Waals surface area contributed by atoms with E-state index in [4.69, 9.17) is 9.97 Å². The second-order valence-corrected chi connectivity index (χ2v) is 7.78. The minimum absolute atomic E-state index is 0.411. The molecule has 0 saturated carbocycles. The number of benzene rings is 2. The molecule has 1 aliphatic rings. The first kappa shape index (κ1) is 18.1. The van der Waals surface area contributed by atoms with Crippen molar-refractivity contribution in [2.45, 2.75) is 38.5 Å². The lowest BCUT2D eigenvalue weighted by atomic mass is 9.97. The number of piperidine rings is 1. The molecule has 0 bridgehead atoms. The molecule has 0 aliphatic carbocycles. The van der Waals surface area contributed by atoms with E-state index >= 15 is 0 Å². The minimum atomic E-state index is 0.411. The summed E-state index contributed by atoms with van der Waals surface area (Å²) in [5.41, 5.74) is 4.21. The smallest absolute Gasteiger partial charge is 0.142 e. The topological polar surface area (TPSA) is 78.5 Å². The van der Waals surface area contributed by atoms with E-state index in [1.807, 2.05) is 12.1 Å². The normalized spacial score (nSPS) is 15.2. The molecule has 6 nitrogen and oxygen atoms in total. The molecule has 3 N–H and O–H groups in total. The molecule has 1 fully saturated rings. The number of aromatic amines is 1. The third kappa shape index (κ3) is 3.56. The Morgan fingerprint density at radius 2 is 1.86 bits per heavy atom. The van der Waals surface area contributed by atoms with Crippen LogP contribution in [-0.4, -0.2) is 33.3 Å². The molecule has 0 spiro atoms. The minimum Gasteiger partial charge on any atom is -0.340 e. The molecule has 3 heterocycles. The van der Waals surface area contributed by atoms with Gasteiger partial charge in [-0.1, -0.05) is 25.5 Å². The molecule has 29 heavy (non-hydrogen) atoms. The zero-order chi connectivity index (χ0) is 19.6. The van der Waals surface area contributed by atoms with Gasteiger partial charge in [-0.25, -0.2) is 9.97 Å². The first-order valence-corrected chi connectivity index (χ1v) is 10.5. The van der Waals surface area contributed by atoms with Gasteiger partial charge in [-0.3, -0.25) is 5.10 Å². The van der Waals surface area contributed by atoms with Crippen molar-refractivity contribution < 1.29 is 0 Å². The summed E-state index contributed by atoms with van der Waals surface area (Å²) < 4.78 is 0. The van der Waals surface area contributed by atoms with E-state index in [2.05, 4.69) is 58.1 Å². The van der Waals surface area contributed by atoms with Crippen LogP contribution in [0.1, 0.15) is 43.6 Å². The Bertz CT molecular complexity index is 1140. The lowest BCUT2D eigenvalue weighted by Gasteiger charge is -2.22. The van der Waals surface area contributed by atoms with Crippen LogP contribution in [0, 0.1) is 0 Å². The maximum absolute atomic E-state index is 4.97. The molecule has 0 atom stereocenters. The van der Waals surface area contributed by atoms with Gasteiger partial charge in [-0.2, -0.15) is 5.10 Å². The highest BCUT2D eigenvalue weighted by Gasteiger charge is 2.20. The highest BCUT2D eigenvalue weighted by molar-refractivity contribution is 5.92. The molecule has 6 heteroatoms. The van der Waals surface area contributed by atoms with Crippen LogP contribution < -0.4 is 10.6 Å². The fourth-order valence-corrected chi connectivity index (χ4v) is 4.17. The van der Waals surface area contributed by atoms with Crippen LogP contribution in [-0.2, 0) is 6.42 Å². The molecule has 0 amide bonds. The third-order valence-electron chi connectivity index (χ3n) is 5.72. The molecular weight excluding hydrogens is 360 g/mol. The van der Waals surface area contributed by atoms with Crippen LogP contribution in [0.4, 0.5) is 11.5 Å². The second kappa shape index (κ2) is 7.79. The Morgan fingerprint density at radius 1 is 1.00 bits per heavy atom. The van der Waals surface area contributed by atoms with E-state index in [0.29, 0.717) is 5.92 Å². The fraction of sp³-hybridized carbons (Fsp3) is 0.348. The van der Waals surface area contributed by atoms with Gasteiger partial charge >= 0.3 is 0 Å². The number of rotatable bonds is 5. The quantitative estimate of drug-likeness (QED) is 0.465. The van der Waals surface area contributed by atoms with Gasteiger partial charge in [-0.15, -0.1) is 0 Å². The summed E-state index contributed by atoms with van der Waals surface area (Å²) in [6.07, 6.45) is 4.25. The number of aryl methyl sites for hydroxylation is 1. The predicted molar refractivity (Wildman–Crippen MR) is 118 cm³/mol. The zero-order valence-corrected chi connectivity index (χ0v) is 16.7. The van der Waals surface area contributed by atoms with Crippen LogP contribution in [0.3, 0.4) is 0 Å². The summed E-state index contributed by atoms with van der Waals surface area (Å²) in [6.45, 7) is 4.24. The largest absolute Gasteiger partial charge is 0.340 e. The maximum Gasteiger partial charge on any atom is 0.142 e. The van der Waals surface area contributed by atoms with Gasteiger partial charge in [0.05, 0.1) is 11.0 Å². The monoisotopic (exact) mass is 386 g/mol. The van der Waals surface area contributed by atoms with Gasteiger partial charge in [0.15, 0.2) is 0 Å². The highest BCUT2D eigenvalue weighted by Crippen LogP contribution is 2.30. The lowest BCUT2D eigenvalue weighted by molar-refractivity contribution is 0.446. The van der Waals surface area contributed by atoms with Gasteiger partial charge in [0.2, 0.25) is 0 Å². The number of anilines is 2. The average molecular weight is 387 g/mol. The molecule has 148 valence electrons. The van der Waals surface area contributed by atoms with Crippen molar-refractivity contribution in [3.63, 3.8) is 0 Å². The van der Waals surface area contributed by atoms with Crippen LogP contribution in [0.5, 0.6) is 0 Å². The van der Waals surface area contributed by atoms with Gasteiger partial charge in [0.25, 0.3) is 0 Å². The summed E-state index contributed by atoms with van der Waals surface area (Å²) in [6, 6.07) is 14.5. The number of hydrogen-bond acceptors (Lipinski definition) is 5. The van der Waals surface area contributed by atoms with Crippen molar-refractivity contribution in [1.29, 1.82) is 0 Å². The summed E-state index contributed by atoms with van der Waals surface area (Å²) in [4.78, 5) is 9.86. The average Bonchev–Trinajstić information content (AvgIpc) is 3.17. The van der Waals surface area contributed by atoms with E-state index in [1.165, 1.54) is 11.1 Å². The first-order valence-electron chi connectivity index (χ1n) is 10.5. The predicted octanol–water partition coefficient (Wildman–Crippen LogP) is 4.67. The number of para-hydroxylation sites is 1. The summed E-state index contributed by atoms with van der Waals surface area (Å²) in [5.74, 6) is 2.24. The van der Waals surface area contributed by atoms with Crippen LogP contribution >= 0.6 is 0 Å². The molecule has 0 radical (unpaired) electrons. The van der Waals surface area contributed by atoms with Crippen LogP contribution in [0.25, 0.3) is 21.8 Å². The van der Waals surface area contributed by atoms with Crippen molar-refractivity contribution in [3.8, 4) is 0 Å². The van der Waals surface area contributed by atoms with Gasteiger partial charge in [0, 0.05) is 28.1 Å². The first-order chi connectivity index (χ1) is 14.3. The Kier molecular flexibility index (Phi) is 4.86. The molecular formula is C23H26N6. The van der Waals surface area contributed by atoms with Crippen molar-refractivity contribution in [3.05, 3.63) is 54.0 Å².